The third-order valence-electron chi connectivity index (χ3n) is 19.6. The molecule has 18 aromatic rings. The second kappa shape index (κ2) is 21.4. The SMILES string of the molecule is COc1ccc2cc(-c3c4ccccc4c(-c4c5ccccc5c(-c5ccccc5)c5ccccc45)c4ccccc34)ccc2c1-c1c(OC)ccc2cc(-c3c4ccccc4c(-c4c5ccccc5c(-c5ccccc5)c5ccccc45)c4ccccc34)ccc12. The number of hydrogen-bond acceptors (Lipinski definition) is 2. The standard InChI is InChI=1S/C90H58O2/c1-91-79-51-47-57-53-59(83-67-33-13-21-41-75(67)87(76-42-22-14-34-68(76)83)85-71-37-17-9-29-63(71)81(55-25-5-3-6-26-55)64-30-10-18-38-72(64)85)45-49-61(57)89(79)90-62-50-46-60(54-58(62)48-52-80(90)92-2)84-69-35-15-23-43-77(69)88(78-44-24-16-36-70(78)84)86-73-39-19-11-31-65(73)82(56-27-7-4-8-28-56)66-32-12-20-40-74(66)86/h3-54H,1-2H3. The van der Waals surface area contributed by atoms with Crippen molar-refractivity contribution in [3.05, 3.63) is 315 Å². The van der Waals surface area contributed by atoms with Crippen molar-refractivity contribution < 1.29 is 9.47 Å². The first-order valence-electron chi connectivity index (χ1n) is 31.7. The van der Waals surface area contributed by atoms with Gasteiger partial charge in [0.1, 0.15) is 11.5 Å². The summed E-state index contributed by atoms with van der Waals surface area (Å²) in [5.41, 5.74) is 16.6. The van der Waals surface area contributed by atoms with E-state index in [1.54, 1.807) is 14.2 Å². The van der Waals surface area contributed by atoms with Crippen LogP contribution in [0.25, 0.3) is 186 Å². The zero-order chi connectivity index (χ0) is 61.0. The van der Waals surface area contributed by atoms with Crippen molar-refractivity contribution in [2.75, 3.05) is 14.2 Å². The minimum absolute atomic E-state index is 0.780. The summed E-state index contributed by atoms with van der Waals surface area (Å²) >= 11 is 0. The quantitative estimate of drug-likeness (QED) is 0.134. The smallest absolute Gasteiger partial charge is 0.127 e. The lowest BCUT2D eigenvalue weighted by Gasteiger charge is -2.23. The first-order chi connectivity index (χ1) is 45.6. The van der Waals surface area contributed by atoms with Gasteiger partial charge in [-0.1, -0.05) is 291 Å². The maximum atomic E-state index is 6.40. The van der Waals surface area contributed by atoms with Gasteiger partial charge in [-0.2, -0.15) is 0 Å². The third kappa shape index (κ3) is 8.07. The van der Waals surface area contributed by atoms with Crippen LogP contribution in [0.2, 0.25) is 0 Å². The molecule has 2 heteroatoms. The first-order valence-corrected chi connectivity index (χ1v) is 31.7. The Morgan fingerprint density at radius 1 is 0.152 bits per heavy atom. The summed E-state index contributed by atoms with van der Waals surface area (Å²) in [5, 5.41) is 24.0. The minimum atomic E-state index is 0.780. The Hall–Kier alpha value is -11.8. The number of ether oxygens (including phenoxy) is 2. The number of fused-ring (bicyclic) bond motifs is 10. The molecule has 0 heterocycles. The van der Waals surface area contributed by atoms with E-state index in [9.17, 15) is 0 Å². The number of methoxy groups -OCH3 is 2. The van der Waals surface area contributed by atoms with Crippen molar-refractivity contribution in [3.63, 3.8) is 0 Å². The van der Waals surface area contributed by atoms with Crippen molar-refractivity contribution in [2.24, 2.45) is 0 Å². The van der Waals surface area contributed by atoms with Crippen LogP contribution < -0.4 is 9.47 Å². The zero-order valence-electron chi connectivity index (χ0n) is 50.8. The summed E-state index contributed by atoms with van der Waals surface area (Å²) in [6.45, 7) is 0. The fourth-order valence-electron chi connectivity index (χ4n) is 15.8. The molecule has 92 heavy (non-hydrogen) atoms. The predicted molar refractivity (Wildman–Crippen MR) is 393 cm³/mol. The van der Waals surface area contributed by atoms with Gasteiger partial charge in [0, 0.05) is 11.1 Å². The van der Waals surface area contributed by atoms with Crippen LogP contribution in [0.15, 0.2) is 315 Å². The summed E-state index contributed by atoms with van der Waals surface area (Å²) in [7, 11) is 3.55. The van der Waals surface area contributed by atoms with E-state index in [0.29, 0.717) is 0 Å². The number of benzene rings is 18. The summed E-state index contributed by atoms with van der Waals surface area (Å²) in [6.07, 6.45) is 0. The second-order valence-electron chi connectivity index (χ2n) is 24.3. The van der Waals surface area contributed by atoms with Crippen LogP contribution in [-0.4, -0.2) is 14.2 Å². The Morgan fingerprint density at radius 3 is 0.587 bits per heavy atom. The number of rotatable bonds is 9. The Bertz CT molecular complexity index is 5480. The highest BCUT2D eigenvalue weighted by atomic mass is 16.5. The molecule has 0 unspecified atom stereocenters. The van der Waals surface area contributed by atoms with Gasteiger partial charge in [0.15, 0.2) is 0 Å². The molecule has 0 aliphatic rings. The molecule has 18 aromatic carbocycles. The van der Waals surface area contributed by atoms with E-state index in [0.717, 1.165) is 55.3 Å². The van der Waals surface area contributed by atoms with Gasteiger partial charge in [-0.15, -0.1) is 0 Å². The molecular weight excluding hydrogens is 1110 g/mol. The van der Waals surface area contributed by atoms with Crippen molar-refractivity contribution >= 4 is 108 Å². The van der Waals surface area contributed by atoms with Gasteiger partial charge >= 0.3 is 0 Å². The molecule has 0 aliphatic heterocycles. The molecule has 0 aliphatic carbocycles. The summed E-state index contributed by atoms with van der Waals surface area (Å²) in [4.78, 5) is 0. The van der Waals surface area contributed by atoms with E-state index < -0.39 is 0 Å². The monoisotopic (exact) mass is 1170 g/mol. The highest BCUT2D eigenvalue weighted by Crippen LogP contribution is 2.54. The van der Waals surface area contributed by atoms with Gasteiger partial charge in [0.2, 0.25) is 0 Å². The largest absolute Gasteiger partial charge is 0.496 e. The van der Waals surface area contributed by atoms with Crippen molar-refractivity contribution in [3.8, 4) is 89.4 Å². The lowest BCUT2D eigenvalue weighted by atomic mass is 9.80. The van der Waals surface area contributed by atoms with E-state index >= 15 is 0 Å². The van der Waals surface area contributed by atoms with Crippen LogP contribution >= 0.6 is 0 Å². The lowest BCUT2D eigenvalue weighted by molar-refractivity contribution is 0.411. The van der Waals surface area contributed by atoms with Crippen LogP contribution in [0.1, 0.15) is 0 Å². The molecule has 0 aromatic heterocycles. The van der Waals surface area contributed by atoms with Crippen LogP contribution in [0.5, 0.6) is 11.5 Å². The van der Waals surface area contributed by atoms with E-state index in [-0.39, 0.29) is 0 Å². The molecule has 0 bridgehead atoms. The summed E-state index contributed by atoms with van der Waals surface area (Å²) < 4.78 is 12.8. The van der Waals surface area contributed by atoms with E-state index in [1.807, 2.05) is 0 Å². The Kier molecular flexibility index (Phi) is 12.4. The third-order valence-corrected chi connectivity index (χ3v) is 19.6. The van der Waals surface area contributed by atoms with E-state index in [4.69, 9.17) is 9.47 Å². The Balaban J connectivity index is 0.813. The average molecular weight is 1170 g/mol. The summed E-state index contributed by atoms with van der Waals surface area (Å²) in [6, 6.07) is 116. The molecule has 0 radical (unpaired) electrons. The highest BCUT2D eigenvalue weighted by molar-refractivity contribution is 6.32. The van der Waals surface area contributed by atoms with Crippen molar-refractivity contribution in [1.29, 1.82) is 0 Å². The second-order valence-corrected chi connectivity index (χ2v) is 24.3. The maximum absolute atomic E-state index is 6.40. The molecular formula is C90H58O2. The number of hydrogen-bond donors (Lipinski definition) is 0. The Morgan fingerprint density at radius 2 is 0.359 bits per heavy atom. The normalized spacial score (nSPS) is 11.8. The van der Waals surface area contributed by atoms with Crippen molar-refractivity contribution in [2.45, 2.75) is 0 Å². The van der Waals surface area contributed by atoms with Gasteiger partial charge in [-0.25, -0.2) is 0 Å². The fraction of sp³-hybridized carbons (Fsp3) is 0.0222. The molecule has 2 nitrogen and oxygen atoms in total. The lowest BCUT2D eigenvalue weighted by Crippen LogP contribution is -1.96. The van der Waals surface area contributed by atoms with Gasteiger partial charge in [0.05, 0.1) is 14.2 Å². The van der Waals surface area contributed by atoms with Crippen LogP contribution in [0, 0.1) is 0 Å². The molecule has 0 N–H and O–H groups in total. The molecule has 0 fully saturated rings. The molecule has 0 saturated carbocycles. The van der Waals surface area contributed by atoms with Gasteiger partial charge < -0.3 is 9.47 Å². The molecule has 0 atom stereocenters. The minimum Gasteiger partial charge on any atom is -0.496 e. The van der Waals surface area contributed by atoms with Gasteiger partial charge in [0.25, 0.3) is 0 Å². The van der Waals surface area contributed by atoms with Gasteiger partial charge in [-0.3, -0.25) is 0 Å². The highest BCUT2D eigenvalue weighted by Gasteiger charge is 2.27. The molecule has 430 valence electrons. The van der Waals surface area contributed by atoms with Crippen LogP contribution in [0.4, 0.5) is 0 Å². The van der Waals surface area contributed by atoms with Gasteiger partial charge in [-0.05, 0) is 199 Å². The maximum Gasteiger partial charge on any atom is 0.127 e. The molecule has 18 rings (SSSR count). The van der Waals surface area contributed by atoms with E-state index in [1.165, 1.54) is 142 Å². The first kappa shape index (κ1) is 53.2. The van der Waals surface area contributed by atoms with E-state index in [2.05, 4.69) is 315 Å². The van der Waals surface area contributed by atoms with Crippen molar-refractivity contribution in [1.82, 2.24) is 0 Å². The summed E-state index contributed by atoms with van der Waals surface area (Å²) in [5.74, 6) is 1.56. The molecule has 0 amide bonds. The van der Waals surface area contributed by atoms with Crippen LogP contribution in [-0.2, 0) is 0 Å². The molecule has 0 spiro atoms. The average Bonchev–Trinajstić information content (AvgIpc) is 0.737. The fourth-order valence-corrected chi connectivity index (χ4v) is 15.8. The van der Waals surface area contributed by atoms with Crippen LogP contribution in [0.3, 0.4) is 0 Å². The topological polar surface area (TPSA) is 18.5 Å². The Labute approximate surface area is 533 Å². The predicted octanol–water partition coefficient (Wildman–Crippen LogP) is 24.9. The molecule has 0 saturated heterocycles. The zero-order valence-corrected chi connectivity index (χ0v) is 50.8.